The fourth-order valence-corrected chi connectivity index (χ4v) is 12.6. The van der Waals surface area contributed by atoms with Gasteiger partial charge >= 0.3 is 11.9 Å². The topological polar surface area (TPSA) is 174 Å². The van der Waals surface area contributed by atoms with Crippen molar-refractivity contribution in [2.45, 2.75) is 136 Å². The lowest BCUT2D eigenvalue weighted by atomic mass is 9.33. The number of allylic oxidation sites excluding steroid dienone is 1. The first kappa shape index (κ1) is 34.3. The Morgan fingerprint density at radius 2 is 1.57 bits per heavy atom. The molecule has 46 heavy (non-hydrogen) atoms. The largest absolute Gasteiger partial charge is 0.481 e. The van der Waals surface area contributed by atoms with E-state index in [0.29, 0.717) is 38.0 Å². The minimum Gasteiger partial charge on any atom is -0.481 e. The third-order valence-corrected chi connectivity index (χ3v) is 15.3. The van der Waals surface area contributed by atoms with E-state index in [9.17, 15) is 40.2 Å². The van der Waals surface area contributed by atoms with Gasteiger partial charge in [0.2, 0.25) is 0 Å². The summed E-state index contributed by atoms with van der Waals surface area (Å²) in [6.45, 7) is 12.6. The summed E-state index contributed by atoms with van der Waals surface area (Å²) in [5, 5.41) is 63.0. The summed E-state index contributed by atoms with van der Waals surface area (Å²) in [6, 6.07) is 0. The van der Waals surface area contributed by atoms with Crippen molar-refractivity contribution in [2.24, 2.45) is 56.7 Å². The van der Waals surface area contributed by atoms with Gasteiger partial charge in [0.15, 0.2) is 6.29 Å². The molecule has 10 nitrogen and oxygen atoms in total. The van der Waals surface area contributed by atoms with Crippen molar-refractivity contribution in [3.8, 4) is 0 Å². The van der Waals surface area contributed by atoms with Gasteiger partial charge in [-0.3, -0.25) is 9.59 Å². The van der Waals surface area contributed by atoms with Gasteiger partial charge in [0.05, 0.1) is 23.5 Å². The molecule has 0 aromatic heterocycles. The summed E-state index contributed by atoms with van der Waals surface area (Å²) in [7, 11) is 0. The average molecular weight is 649 g/mol. The predicted octanol–water partition coefficient (Wildman–Crippen LogP) is 3.98. The molecule has 0 spiro atoms. The maximum absolute atomic E-state index is 13.8. The smallest absolute Gasteiger partial charge is 0.314 e. The predicted molar refractivity (Wildman–Crippen MR) is 167 cm³/mol. The van der Waals surface area contributed by atoms with E-state index in [1.54, 1.807) is 0 Å². The zero-order chi connectivity index (χ0) is 33.8. The number of carboxylic acids is 2. The Kier molecular flexibility index (Phi) is 8.38. The molecule has 6 rings (SSSR count). The molecule has 0 amide bonds. The fraction of sp³-hybridized carbons (Fsp3) is 0.889. The number of carboxylic acid groups (broad SMARTS) is 2. The standard InChI is InChI=1S/C36H56O10/c1-18-9-14-35(30(41)42)15-16-36(31(43)44)20(25(35)19(18)2)7-8-23-33(5)12-11-24(32(3,4)22(33)10-13-34(23,36)6)46-29-28(40)27(39)26(38)21(17-37)45-29/h7,18-19,21-29,37-40H,8-17H2,1-6H3,(H,41,42)(H,43,44)/t18?,19?,21?,22-,23+,24?,25-,26?,27?,28?,29?,33-,34+,35-,36+/m0/s1. The highest BCUT2D eigenvalue weighted by atomic mass is 16.7. The van der Waals surface area contributed by atoms with Crippen LogP contribution in [-0.4, -0.2) is 86.0 Å². The van der Waals surface area contributed by atoms with Crippen molar-refractivity contribution in [3.63, 3.8) is 0 Å². The third kappa shape index (κ3) is 4.35. The number of aliphatic hydroxyl groups excluding tert-OH is 4. The van der Waals surface area contributed by atoms with Crippen LogP contribution in [0.4, 0.5) is 0 Å². The maximum atomic E-state index is 13.8. The molecule has 15 atom stereocenters. The van der Waals surface area contributed by atoms with Gasteiger partial charge in [0.25, 0.3) is 0 Å². The summed E-state index contributed by atoms with van der Waals surface area (Å²) < 4.78 is 12.1. The molecule has 10 heteroatoms. The minimum absolute atomic E-state index is 0.0692. The molecule has 5 aliphatic carbocycles. The van der Waals surface area contributed by atoms with Gasteiger partial charge in [-0.05, 0) is 104 Å². The summed E-state index contributed by atoms with van der Waals surface area (Å²) in [5.74, 6) is -1.24. The highest BCUT2D eigenvalue weighted by Crippen LogP contribution is 2.76. The highest BCUT2D eigenvalue weighted by Gasteiger charge is 2.73. The Labute approximate surface area is 272 Å². The number of aliphatic carboxylic acids is 2. The SMILES string of the molecule is CC1CC[C@]2(C(=O)O)CC[C@]3(C(=O)O)C(=CC[C@@H]4[C@@]5(C)CCC(OC6OC(CO)C(O)C(O)C6O)C(C)(C)[C@@H]5CC[C@]43C)[C@@H]2C1C. The van der Waals surface area contributed by atoms with Crippen molar-refractivity contribution in [1.82, 2.24) is 0 Å². The van der Waals surface area contributed by atoms with Crippen LogP contribution in [0.2, 0.25) is 0 Å². The van der Waals surface area contributed by atoms with Crippen LogP contribution in [0, 0.1) is 56.7 Å². The maximum Gasteiger partial charge on any atom is 0.314 e. The number of rotatable bonds is 5. The van der Waals surface area contributed by atoms with Crippen molar-refractivity contribution < 1.29 is 49.7 Å². The van der Waals surface area contributed by atoms with E-state index < -0.39 is 70.9 Å². The first-order valence-electron chi connectivity index (χ1n) is 17.6. The number of ether oxygens (including phenoxy) is 2. The van der Waals surface area contributed by atoms with E-state index in [4.69, 9.17) is 9.47 Å². The molecule has 6 N–H and O–H groups in total. The van der Waals surface area contributed by atoms with E-state index >= 15 is 0 Å². The number of hydrogen-bond acceptors (Lipinski definition) is 8. The van der Waals surface area contributed by atoms with Crippen LogP contribution in [0.3, 0.4) is 0 Å². The van der Waals surface area contributed by atoms with Crippen LogP contribution in [-0.2, 0) is 19.1 Å². The van der Waals surface area contributed by atoms with Gasteiger partial charge < -0.3 is 40.1 Å². The normalized spacial score (nSPS) is 53.1. The van der Waals surface area contributed by atoms with Gasteiger partial charge in [-0.15, -0.1) is 0 Å². The third-order valence-electron chi connectivity index (χ3n) is 15.3. The second-order valence-electron chi connectivity index (χ2n) is 17.2. The Hall–Kier alpha value is -1.56. The van der Waals surface area contributed by atoms with Crippen molar-refractivity contribution in [3.05, 3.63) is 11.6 Å². The molecule has 0 aromatic carbocycles. The van der Waals surface area contributed by atoms with E-state index in [-0.39, 0.29) is 35.2 Å². The molecule has 1 heterocycles. The summed E-state index contributed by atoms with van der Waals surface area (Å²) >= 11 is 0. The van der Waals surface area contributed by atoms with Gasteiger partial charge in [-0.25, -0.2) is 0 Å². The zero-order valence-electron chi connectivity index (χ0n) is 28.3. The van der Waals surface area contributed by atoms with E-state index in [0.717, 1.165) is 31.3 Å². The molecule has 0 radical (unpaired) electrons. The summed E-state index contributed by atoms with van der Waals surface area (Å²) in [4.78, 5) is 26.8. The number of aliphatic hydroxyl groups is 4. The molecule has 1 aliphatic heterocycles. The monoisotopic (exact) mass is 648 g/mol. The molecule has 8 unspecified atom stereocenters. The second kappa shape index (κ2) is 11.2. The first-order valence-corrected chi connectivity index (χ1v) is 17.6. The van der Waals surface area contributed by atoms with Crippen LogP contribution < -0.4 is 0 Å². The second-order valence-corrected chi connectivity index (χ2v) is 17.2. The van der Waals surface area contributed by atoms with Gasteiger partial charge in [0.1, 0.15) is 24.4 Å². The van der Waals surface area contributed by atoms with E-state index in [1.807, 2.05) is 0 Å². The van der Waals surface area contributed by atoms with Crippen LogP contribution in [0.5, 0.6) is 0 Å². The van der Waals surface area contributed by atoms with Crippen LogP contribution >= 0.6 is 0 Å². The Bertz CT molecular complexity index is 1260. The van der Waals surface area contributed by atoms with E-state index in [1.165, 1.54) is 0 Å². The molecule has 260 valence electrons. The van der Waals surface area contributed by atoms with Crippen molar-refractivity contribution in [2.75, 3.05) is 6.61 Å². The van der Waals surface area contributed by atoms with E-state index in [2.05, 4.69) is 47.6 Å². The molecule has 5 fully saturated rings. The van der Waals surface area contributed by atoms with Gasteiger partial charge in [0, 0.05) is 0 Å². The number of fused-ring (bicyclic) bond motifs is 7. The lowest BCUT2D eigenvalue weighted by molar-refractivity contribution is -0.330. The molecular weight excluding hydrogens is 592 g/mol. The molecule has 1 saturated heterocycles. The molecule has 0 aromatic rings. The Balaban J connectivity index is 1.34. The molecule has 4 saturated carbocycles. The number of carbonyl (C=O) groups is 2. The summed E-state index contributed by atoms with van der Waals surface area (Å²) in [5.41, 5.74) is -2.32. The van der Waals surface area contributed by atoms with Crippen molar-refractivity contribution in [1.29, 1.82) is 0 Å². The Morgan fingerprint density at radius 3 is 2.20 bits per heavy atom. The molecular formula is C36H56O10. The van der Waals surface area contributed by atoms with Crippen LogP contribution in [0.15, 0.2) is 11.6 Å². The summed E-state index contributed by atoms with van der Waals surface area (Å²) in [6.07, 6.45) is 0.942. The minimum atomic E-state index is -1.51. The molecule has 0 bridgehead atoms. The molecule has 6 aliphatic rings. The van der Waals surface area contributed by atoms with Crippen LogP contribution in [0.1, 0.15) is 99.3 Å². The lowest BCUT2D eigenvalue weighted by Crippen LogP contribution is -2.68. The lowest BCUT2D eigenvalue weighted by Gasteiger charge is -2.70. The zero-order valence-corrected chi connectivity index (χ0v) is 28.3. The highest BCUT2D eigenvalue weighted by molar-refractivity contribution is 5.84. The number of hydrogen-bond donors (Lipinski definition) is 6. The fourth-order valence-electron chi connectivity index (χ4n) is 12.6. The van der Waals surface area contributed by atoms with Gasteiger partial charge in [-0.2, -0.15) is 0 Å². The van der Waals surface area contributed by atoms with Crippen LogP contribution in [0.25, 0.3) is 0 Å². The van der Waals surface area contributed by atoms with Gasteiger partial charge in [-0.1, -0.05) is 53.2 Å². The van der Waals surface area contributed by atoms with Crippen molar-refractivity contribution >= 4 is 11.9 Å². The Morgan fingerprint density at radius 1 is 0.870 bits per heavy atom. The quantitative estimate of drug-likeness (QED) is 0.189. The first-order chi connectivity index (χ1) is 21.4. The average Bonchev–Trinajstić information content (AvgIpc) is 2.99.